The van der Waals surface area contributed by atoms with E-state index >= 15 is 0 Å². The Hall–Kier alpha value is -1.06. The zero-order chi connectivity index (χ0) is 14.5. The number of hydrogen-bond donors (Lipinski definition) is 0. The second-order valence-corrected chi connectivity index (χ2v) is 5.91. The molecule has 0 radical (unpaired) electrons. The van der Waals surface area contributed by atoms with Gasteiger partial charge in [-0.15, -0.1) is 11.6 Å². The van der Waals surface area contributed by atoms with Gasteiger partial charge in [-0.05, 0) is 24.5 Å². The highest BCUT2D eigenvalue weighted by Crippen LogP contribution is 2.20. The first-order valence-corrected chi connectivity index (χ1v) is 7.75. The Bertz CT molecular complexity index is 563. The standard InChI is InChI=1S/C16H23ClN2O/c1-12(2)11-20-10-9-19-14-6-4-5-13(3)16(14)18-15(19)7-8-17/h4-6,12H,7-11H2,1-3H3. The van der Waals surface area contributed by atoms with Gasteiger partial charge in [0, 0.05) is 25.5 Å². The van der Waals surface area contributed by atoms with Crippen molar-refractivity contribution in [2.45, 2.75) is 33.7 Å². The second-order valence-electron chi connectivity index (χ2n) is 5.53. The molecule has 110 valence electrons. The van der Waals surface area contributed by atoms with E-state index in [-0.39, 0.29) is 0 Å². The summed E-state index contributed by atoms with van der Waals surface area (Å²) in [6.45, 7) is 8.77. The van der Waals surface area contributed by atoms with Gasteiger partial charge in [-0.25, -0.2) is 4.98 Å². The summed E-state index contributed by atoms with van der Waals surface area (Å²) in [7, 11) is 0. The first-order chi connectivity index (χ1) is 9.63. The molecule has 0 aliphatic rings. The van der Waals surface area contributed by atoms with Gasteiger partial charge in [-0.2, -0.15) is 0 Å². The third-order valence-electron chi connectivity index (χ3n) is 3.29. The number of rotatable bonds is 7. The smallest absolute Gasteiger partial charge is 0.111 e. The molecule has 0 bridgehead atoms. The molecule has 0 amide bonds. The fraction of sp³-hybridized carbons (Fsp3) is 0.562. The molecule has 1 heterocycles. The number of alkyl halides is 1. The molecule has 1 aromatic heterocycles. The summed E-state index contributed by atoms with van der Waals surface area (Å²) in [6.07, 6.45) is 0.792. The topological polar surface area (TPSA) is 27.1 Å². The van der Waals surface area contributed by atoms with Crippen molar-refractivity contribution in [1.82, 2.24) is 9.55 Å². The van der Waals surface area contributed by atoms with Crippen LogP contribution in [0, 0.1) is 12.8 Å². The fourth-order valence-corrected chi connectivity index (χ4v) is 2.50. The highest BCUT2D eigenvalue weighted by Gasteiger charge is 2.11. The second kappa shape index (κ2) is 7.09. The van der Waals surface area contributed by atoms with Crippen LogP contribution >= 0.6 is 11.6 Å². The molecule has 4 heteroatoms. The Labute approximate surface area is 125 Å². The van der Waals surface area contributed by atoms with E-state index < -0.39 is 0 Å². The van der Waals surface area contributed by atoms with Crippen molar-refractivity contribution in [3.63, 3.8) is 0 Å². The van der Waals surface area contributed by atoms with E-state index in [4.69, 9.17) is 21.3 Å². The number of aryl methyl sites for hydroxylation is 2. The predicted octanol–water partition coefficient (Wildman–Crippen LogP) is 3.80. The monoisotopic (exact) mass is 294 g/mol. The van der Waals surface area contributed by atoms with Crippen LogP contribution < -0.4 is 0 Å². The average Bonchev–Trinajstić information content (AvgIpc) is 2.75. The molecule has 0 spiro atoms. The number of nitrogens with zero attached hydrogens (tertiary/aromatic N) is 2. The van der Waals surface area contributed by atoms with Gasteiger partial charge in [0.1, 0.15) is 5.82 Å². The molecule has 2 rings (SSSR count). The maximum absolute atomic E-state index is 5.89. The minimum atomic E-state index is 0.569. The Morgan fingerprint density at radius 3 is 2.85 bits per heavy atom. The lowest BCUT2D eigenvalue weighted by Crippen LogP contribution is -2.12. The zero-order valence-corrected chi connectivity index (χ0v) is 13.3. The molecule has 2 aromatic rings. The largest absolute Gasteiger partial charge is 0.379 e. The molecular weight excluding hydrogens is 272 g/mol. The van der Waals surface area contributed by atoms with Crippen molar-refractivity contribution >= 4 is 22.6 Å². The molecule has 20 heavy (non-hydrogen) atoms. The molecule has 0 aliphatic carbocycles. The van der Waals surface area contributed by atoms with Gasteiger partial charge in [-0.3, -0.25) is 0 Å². The quantitative estimate of drug-likeness (QED) is 0.574. The number of fused-ring (bicyclic) bond motifs is 1. The van der Waals surface area contributed by atoms with Gasteiger partial charge >= 0.3 is 0 Å². The van der Waals surface area contributed by atoms with E-state index in [9.17, 15) is 0 Å². The summed E-state index contributed by atoms with van der Waals surface area (Å²) >= 11 is 5.89. The van der Waals surface area contributed by atoms with Crippen molar-refractivity contribution in [3.8, 4) is 0 Å². The minimum absolute atomic E-state index is 0.569. The van der Waals surface area contributed by atoms with Crippen molar-refractivity contribution in [2.75, 3.05) is 19.1 Å². The molecule has 0 saturated carbocycles. The van der Waals surface area contributed by atoms with Gasteiger partial charge < -0.3 is 9.30 Å². The third-order valence-corrected chi connectivity index (χ3v) is 3.48. The SMILES string of the molecule is Cc1cccc2c1nc(CCCl)n2CCOCC(C)C. The highest BCUT2D eigenvalue weighted by molar-refractivity contribution is 6.17. The van der Waals surface area contributed by atoms with Gasteiger partial charge in [0.15, 0.2) is 0 Å². The van der Waals surface area contributed by atoms with E-state index in [0.29, 0.717) is 18.4 Å². The summed E-state index contributed by atoms with van der Waals surface area (Å²) in [5.41, 5.74) is 3.47. The van der Waals surface area contributed by atoms with Crippen LogP contribution in [0.4, 0.5) is 0 Å². The summed E-state index contributed by atoms with van der Waals surface area (Å²) in [5.74, 6) is 2.21. The van der Waals surface area contributed by atoms with E-state index in [1.807, 2.05) is 0 Å². The molecule has 1 aromatic carbocycles. The number of para-hydroxylation sites is 1. The van der Waals surface area contributed by atoms with Gasteiger partial charge in [0.25, 0.3) is 0 Å². The van der Waals surface area contributed by atoms with E-state index in [2.05, 4.69) is 43.5 Å². The Morgan fingerprint density at radius 2 is 2.15 bits per heavy atom. The number of halogens is 1. The first-order valence-electron chi connectivity index (χ1n) is 7.22. The Morgan fingerprint density at radius 1 is 1.35 bits per heavy atom. The van der Waals surface area contributed by atoms with Crippen molar-refractivity contribution in [2.24, 2.45) is 5.92 Å². The third kappa shape index (κ3) is 3.53. The average molecular weight is 295 g/mol. The number of aromatic nitrogens is 2. The van der Waals surface area contributed by atoms with Crippen LogP contribution in [0.1, 0.15) is 25.2 Å². The normalized spacial score (nSPS) is 11.7. The maximum atomic E-state index is 5.89. The van der Waals surface area contributed by atoms with Crippen LogP contribution in [0.25, 0.3) is 11.0 Å². The molecule has 0 fully saturated rings. The molecule has 0 unspecified atom stereocenters. The lowest BCUT2D eigenvalue weighted by Gasteiger charge is -2.10. The van der Waals surface area contributed by atoms with Gasteiger partial charge in [-0.1, -0.05) is 26.0 Å². The van der Waals surface area contributed by atoms with Crippen LogP contribution in [0.5, 0.6) is 0 Å². The van der Waals surface area contributed by atoms with E-state index in [1.165, 1.54) is 11.1 Å². The van der Waals surface area contributed by atoms with Crippen molar-refractivity contribution in [3.05, 3.63) is 29.6 Å². The Balaban J connectivity index is 2.20. The lowest BCUT2D eigenvalue weighted by molar-refractivity contribution is 0.103. The van der Waals surface area contributed by atoms with E-state index in [1.54, 1.807) is 0 Å². The molecule has 3 nitrogen and oxygen atoms in total. The molecule has 0 atom stereocenters. The minimum Gasteiger partial charge on any atom is -0.379 e. The van der Waals surface area contributed by atoms with Crippen LogP contribution in [-0.4, -0.2) is 28.6 Å². The number of hydrogen-bond acceptors (Lipinski definition) is 2. The predicted molar refractivity (Wildman–Crippen MR) is 84.6 cm³/mol. The summed E-state index contributed by atoms with van der Waals surface area (Å²) in [6, 6.07) is 6.30. The molecule has 0 saturated heterocycles. The number of benzene rings is 1. The lowest BCUT2D eigenvalue weighted by atomic mass is 10.2. The number of ether oxygens (including phenoxy) is 1. The van der Waals surface area contributed by atoms with Crippen LogP contribution in [0.15, 0.2) is 18.2 Å². The fourth-order valence-electron chi connectivity index (χ4n) is 2.33. The first kappa shape index (κ1) is 15.3. The number of imidazole rings is 1. The summed E-state index contributed by atoms with van der Waals surface area (Å²) < 4.78 is 7.94. The van der Waals surface area contributed by atoms with Crippen LogP contribution in [0.3, 0.4) is 0 Å². The van der Waals surface area contributed by atoms with Gasteiger partial charge in [0.05, 0.1) is 17.6 Å². The van der Waals surface area contributed by atoms with Crippen LogP contribution in [-0.2, 0) is 17.7 Å². The zero-order valence-electron chi connectivity index (χ0n) is 12.5. The molecular formula is C16H23ClN2O. The summed E-state index contributed by atoms with van der Waals surface area (Å²) in [5, 5.41) is 0. The van der Waals surface area contributed by atoms with Crippen molar-refractivity contribution in [1.29, 1.82) is 0 Å². The van der Waals surface area contributed by atoms with Crippen LogP contribution in [0.2, 0.25) is 0 Å². The Kier molecular flexibility index (Phi) is 5.44. The summed E-state index contributed by atoms with van der Waals surface area (Å²) in [4.78, 5) is 4.74. The highest BCUT2D eigenvalue weighted by atomic mass is 35.5. The van der Waals surface area contributed by atoms with E-state index in [0.717, 1.165) is 30.9 Å². The van der Waals surface area contributed by atoms with Crippen molar-refractivity contribution < 1.29 is 4.74 Å². The molecule has 0 aliphatic heterocycles. The molecule has 0 N–H and O–H groups in total. The van der Waals surface area contributed by atoms with Gasteiger partial charge in [0.2, 0.25) is 0 Å². The maximum Gasteiger partial charge on any atom is 0.111 e.